The Balaban J connectivity index is 3.62. The second kappa shape index (κ2) is 4.29. The zero-order chi connectivity index (χ0) is 11.7. The van der Waals surface area contributed by atoms with E-state index in [0.29, 0.717) is 11.4 Å². The Kier molecular flexibility index (Phi) is 3.47. The number of nitrogens with one attached hydrogen (secondary N) is 1. The summed E-state index contributed by atoms with van der Waals surface area (Å²) in [5.41, 5.74) is 24.6. The van der Waals surface area contributed by atoms with Gasteiger partial charge >= 0.3 is 98.4 Å². The number of hydrogen-bond acceptors (Lipinski definition) is 5. The first-order chi connectivity index (χ1) is 6.91. The SMILES string of the molecule is C[I-]c1c(N)c(N)c(N)c(N)c1[NH+](C)[O-]. The van der Waals surface area contributed by atoms with Gasteiger partial charge in [-0.15, -0.1) is 0 Å². The standard InChI is InChI=1S/C8H15IN5O/c1-9-3-4(10)5(11)6(12)7(13)8(3)14(2)15/h14H,10-13H2,1-2H3/q-1. The van der Waals surface area contributed by atoms with Gasteiger partial charge in [0.25, 0.3) is 0 Å². The van der Waals surface area contributed by atoms with E-state index < -0.39 is 0 Å². The fourth-order valence-corrected chi connectivity index (χ4v) is 3.42. The molecule has 0 aliphatic heterocycles. The molecule has 0 heterocycles. The van der Waals surface area contributed by atoms with Crippen molar-refractivity contribution in [3.8, 4) is 0 Å². The van der Waals surface area contributed by atoms with Crippen LogP contribution in [0.5, 0.6) is 0 Å². The van der Waals surface area contributed by atoms with E-state index in [9.17, 15) is 5.21 Å². The Hall–Kier alpha value is -0.930. The summed E-state index contributed by atoms with van der Waals surface area (Å²) in [4.78, 5) is 1.99. The van der Waals surface area contributed by atoms with Gasteiger partial charge in [-0.2, -0.15) is 0 Å². The zero-order valence-corrected chi connectivity index (χ0v) is 10.8. The first-order valence-corrected chi connectivity index (χ1v) is 7.41. The summed E-state index contributed by atoms with van der Waals surface area (Å²) >= 11 is -0.375. The second-order valence-corrected chi connectivity index (χ2v) is 5.25. The van der Waals surface area contributed by atoms with Gasteiger partial charge in [-0.05, 0) is 0 Å². The second-order valence-electron chi connectivity index (χ2n) is 3.09. The van der Waals surface area contributed by atoms with Crippen molar-refractivity contribution in [2.75, 3.05) is 34.9 Å². The predicted octanol–water partition coefficient (Wildman–Crippen LogP) is -4.45. The Morgan fingerprint density at radius 3 is 1.87 bits per heavy atom. The van der Waals surface area contributed by atoms with E-state index in [1.807, 2.05) is 4.93 Å². The van der Waals surface area contributed by atoms with Crippen molar-refractivity contribution in [3.05, 3.63) is 8.78 Å². The Morgan fingerprint density at radius 2 is 1.47 bits per heavy atom. The van der Waals surface area contributed by atoms with Crippen LogP contribution in [0.4, 0.5) is 28.4 Å². The van der Waals surface area contributed by atoms with Gasteiger partial charge in [0.15, 0.2) is 0 Å². The molecule has 7 heteroatoms. The number of hydroxylamine groups is 1. The molecule has 0 radical (unpaired) electrons. The van der Waals surface area contributed by atoms with Gasteiger partial charge in [-0.3, -0.25) is 0 Å². The topological polar surface area (TPSA) is 132 Å². The molecule has 0 fully saturated rings. The summed E-state index contributed by atoms with van der Waals surface area (Å²) in [7, 11) is 1.45. The van der Waals surface area contributed by atoms with E-state index in [1.54, 1.807) is 0 Å². The first-order valence-electron chi connectivity index (χ1n) is 4.18. The molecule has 0 amide bonds. The fraction of sp³-hybridized carbons (Fsp3) is 0.250. The molecule has 0 aromatic heterocycles. The van der Waals surface area contributed by atoms with Crippen molar-refractivity contribution in [1.82, 2.24) is 0 Å². The molecule has 6 nitrogen and oxygen atoms in total. The van der Waals surface area contributed by atoms with Crippen LogP contribution in [-0.4, -0.2) is 12.0 Å². The number of quaternary nitrogens is 1. The average molecular weight is 324 g/mol. The molecule has 1 aromatic rings. The molecule has 0 spiro atoms. The minimum absolute atomic E-state index is 0.123. The van der Waals surface area contributed by atoms with Crippen LogP contribution in [0.2, 0.25) is 0 Å². The maximum atomic E-state index is 11.4. The normalized spacial score (nSPS) is 13.0. The molecule has 1 rings (SSSR count). The molecular weight excluding hydrogens is 309 g/mol. The quantitative estimate of drug-likeness (QED) is 0.162. The van der Waals surface area contributed by atoms with Crippen molar-refractivity contribution in [1.29, 1.82) is 0 Å². The van der Waals surface area contributed by atoms with E-state index >= 15 is 0 Å². The van der Waals surface area contributed by atoms with Crippen LogP contribution in [0.1, 0.15) is 0 Å². The van der Waals surface area contributed by atoms with E-state index in [-0.39, 0.29) is 43.3 Å². The third-order valence-corrected chi connectivity index (χ3v) is 4.34. The molecule has 0 aliphatic rings. The van der Waals surface area contributed by atoms with Gasteiger partial charge in [0.05, 0.1) is 0 Å². The van der Waals surface area contributed by atoms with Gasteiger partial charge in [0, 0.05) is 0 Å². The van der Waals surface area contributed by atoms with Crippen LogP contribution in [-0.2, 0) is 0 Å². The molecular formula is C8H15IN5O-. The Bertz CT molecular complexity index is 393. The molecule has 0 bridgehead atoms. The Morgan fingerprint density at radius 1 is 1.00 bits per heavy atom. The predicted molar refractivity (Wildman–Crippen MR) is 58.6 cm³/mol. The zero-order valence-electron chi connectivity index (χ0n) is 8.60. The van der Waals surface area contributed by atoms with E-state index in [1.165, 1.54) is 7.05 Å². The third-order valence-electron chi connectivity index (χ3n) is 2.14. The summed E-state index contributed by atoms with van der Waals surface area (Å²) in [6, 6.07) is 0. The molecule has 0 aliphatic carbocycles. The molecule has 1 aromatic carbocycles. The molecule has 15 heavy (non-hydrogen) atoms. The number of rotatable bonds is 2. The number of alkyl halides is 1. The van der Waals surface area contributed by atoms with Crippen LogP contribution in [0.3, 0.4) is 0 Å². The van der Waals surface area contributed by atoms with E-state index in [0.717, 1.165) is 3.57 Å². The number of halogens is 1. The Labute approximate surface area is 98.4 Å². The van der Waals surface area contributed by atoms with Gasteiger partial charge < -0.3 is 0 Å². The maximum absolute atomic E-state index is 11.4. The van der Waals surface area contributed by atoms with E-state index in [2.05, 4.69) is 0 Å². The summed E-state index contributed by atoms with van der Waals surface area (Å²) in [6.07, 6.45) is 0. The van der Waals surface area contributed by atoms with Crippen LogP contribution in [0.15, 0.2) is 0 Å². The van der Waals surface area contributed by atoms with Crippen LogP contribution >= 0.6 is 0 Å². The summed E-state index contributed by atoms with van der Waals surface area (Å²) < 4.78 is 0.783. The number of nitrogen functional groups attached to an aromatic ring is 4. The van der Waals surface area contributed by atoms with E-state index in [4.69, 9.17) is 22.9 Å². The molecule has 0 saturated heterocycles. The first kappa shape index (κ1) is 12.1. The minimum atomic E-state index is -0.375. The van der Waals surface area contributed by atoms with Gasteiger partial charge in [0.1, 0.15) is 0 Å². The number of anilines is 4. The van der Waals surface area contributed by atoms with Crippen molar-refractivity contribution in [2.24, 2.45) is 0 Å². The number of benzene rings is 1. The van der Waals surface area contributed by atoms with Gasteiger partial charge in [-0.1, -0.05) is 0 Å². The van der Waals surface area contributed by atoms with Crippen molar-refractivity contribution in [2.45, 2.75) is 0 Å². The number of hydrogen-bond donors (Lipinski definition) is 5. The van der Waals surface area contributed by atoms with Crippen LogP contribution in [0.25, 0.3) is 0 Å². The summed E-state index contributed by atoms with van der Waals surface area (Å²) in [5.74, 6) is 0. The summed E-state index contributed by atoms with van der Waals surface area (Å²) in [5, 5.41) is 11.3. The molecule has 1 unspecified atom stereocenters. The van der Waals surface area contributed by atoms with Gasteiger partial charge in [0.2, 0.25) is 0 Å². The third kappa shape index (κ3) is 1.90. The van der Waals surface area contributed by atoms with Crippen molar-refractivity contribution < 1.29 is 26.3 Å². The van der Waals surface area contributed by atoms with Crippen molar-refractivity contribution in [3.63, 3.8) is 0 Å². The number of nitrogens with two attached hydrogens (primary N) is 4. The van der Waals surface area contributed by atoms with Crippen molar-refractivity contribution >= 4 is 28.4 Å². The average Bonchev–Trinajstić information content (AvgIpc) is 2.19. The molecule has 86 valence electrons. The van der Waals surface area contributed by atoms with Gasteiger partial charge in [-0.25, -0.2) is 0 Å². The molecule has 9 N–H and O–H groups in total. The molecule has 0 saturated carbocycles. The monoisotopic (exact) mass is 324 g/mol. The molecule has 1 atom stereocenters. The van der Waals surface area contributed by atoms with Crippen LogP contribution in [0, 0.1) is 8.78 Å². The van der Waals surface area contributed by atoms with Crippen LogP contribution < -0.4 is 49.2 Å². The summed E-state index contributed by atoms with van der Waals surface area (Å²) in [6.45, 7) is 0. The fourth-order valence-electron chi connectivity index (χ4n) is 1.34.